The first-order chi connectivity index (χ1) is 11.3. The Morgan fingerprint density at radius 1 is 1.12 bits per heavy atom. The van der Waals surface area contributed by atoms with Crippen molar-refractivity contribution < 1.29 is 23.9 Å². The van der Waals surface area contributed by atoms with E-state index < -0.39 is 28.7 Å². The van der Waals surface area contributed by atoms with Crippen molar-refractivity contribution in [2.45, 2.75) is 57.5 Å². The van der Waals surface area contributed by atoms with Crippen molar-refractivity contribution in [2.75, 3.05) is 7.11 Å². The highest BCUT2D eigenvalue weighted by atomic mass is 16.6. The fourth-order valence-electron chi connectivity index (χ4n) is 5.23. The van der Waals surface area contributed by atoms with E-state index in [9.17, 15) is 14.4 Å². The molecule has 0 radical (unpaired) electrons. The van der Waals surface area contributed by atoms with Crippen LogP contribution in [0.3, 0.4) is 0 Å². The lowest BCUT2D eigenvalue weighted by molar-refractivity contribution is -0.197. The van der Waals surface area contributed by atoms with Gasteiger partial charge in [-0.2, -0.15) is 0 Å². The molecule has 4 bridgehead atoms. The molecule has 5 heteroatoms. The first-order valence-electron chi connectivity index (χ1n) is 8.61. The maximum Gasteiger partial charge on any atom is 0.375 e. The van der Waals surface area contributed by atoms with Gasteiger partial charge in [0.15, 0.2) is 0 Å². The number of ether oxygens (including phenoxy) is 2. The number of terminal acetylenes is 1. The molecule has 0 aliphatic heterocycles. The second kappa shape index (κ2) is 5.91. The van der Waals surface area contributed by atoms with E-state index >= 15 is 0 Å². The highest BCUT2D eigenvalue weighted by molar-refractivity contribution is 6.39. The Morgan fingerprint density at radius 2 is 1.62 bits per heavy atom. The van der Waals surface area contributed by atoms with E-state index in [-0.39, 0.29) is 6.42 Å². The molecule has 0 aromatic rings. The summed E-state index contributed by atoms with van der Waals surface area (Å²) in [6.45, 7) is 1.38. The zero-order valence-electron chi connectivity index (χ0n) is 14.3. The maximum absolute atomic E-state index is 12.9. The Kier molecular flexibility index (Phi) is 4.19. The van der Waals surface area contributed by atoms with Gasteiger partial charge in [0.2, 0.25) is 0 Å². The molecule has 4 aliphatic carbocycles. The summed E-state index contributed by atoms with van der Waals surface area (Å²) in [7, 11) is 1.11. The first-order valence-corrected chi connectivity index (χ1v) is 8.61. The van der Waals surface area contributed by atoms with Crippen LogP contribution in [-0.4, -0.2) is 30.4 Å². The third-order valence-electron chi connectivity index (χ3n) is 6.07. The van der Waals surface area contributed by atoms with Gasteiger partial charge in [-0.3, -0.25) is 9.59 Å². The normalized spacial score (nSPS) is 35.6. The molecule has 0 saturated heterocycles. The van der Waals surface area contributed by atoms with Crippen LogP contribution in [-0.2, 0) is 23.9 Å². The van der Waals surface area contributed by atoms with Crippen molar-refractivity contribution in [3.8, 4) is 12.3 Å². The lowest BCUT2D eigenvalue weighted by Crippen LogP contribution is -2.55. The Balaban J connectivity index is 1.80. The Labute approximate surface area is 142 Å². The fraction of sp³-hybridized carbons (Fsp3) is 0.737. The Morgan fingerprint density at radius 3 is 2.04 bits per heavy atom. The van der Waals surface area contributed by atoms with Crippen molar-refractivity contribution in [3.05, 3.63) is 0 Å². The number of esters is 2. The molecule has 130 valence electrons. The van der Waals surface area contributed by atoms with E-state index in [4.69, 9.17) is 11.2 Å². The topological polar surface area (TPSA) is 69.7 Å². The number of rotatable bonds is 5. The van der Waals surface area contributed by atoms with Gasteiger partial charge in [-0.1, -0.05) is 0 Å². The standard InChI is InChI=1S/C19H24O5/c1-4-5-18(2,15(20)16(21)23-3)17(22)24-19-9-12-6-13(10-19)8-14(7-12)11-19/h1,12-14H,5-11H2,2-3H3/t12?,13?,14?,18-,19?/m0/s1. The van der Waals surface area contributed by atoms with Gasteiger partial charge in [0.05, 0.1) is 7.11 Å². The molecule has 0 heterocycles. The number of carbonyl (C=O) groups excluding carboxylic acids is 3. The minimum Gasteiger partial charge on any atom is -0.463 e. The van der Waals surface area contributed by atoms with Crippen molar-refractivity contribution >= 4 is 17.7 Å². The number of Topliss-reactive ketones (excluding diaryl/α,β-unsaturated/α-hetero) is 1. The van der Waals surface area contributed by atoms with Crippen LogP contribution < -0.4 is 0 Å². The monoisotopic (exact) mass is 332 g/mol. The third-order valence-corrected chi connectivity index (χ3v) is 6.07. The van der Waals surface area contributed by atoms with Crippen LogP contribution in [0, 0.1) is 35.5 Å². The molecule has 5 nitrogen and oxygen atoms in total. The molecule has 4 saturated carbocycles. The van der Waals surface area contributed by atoms with Gasteiger partial charge in [0.25, 0.3) is 5.78 Å². The van der Waals surface area contributed by atoms with E-state index in [1.165, 1.54) is 26.2 Å². The van der Waals surface area contributed by atoms with Crippen LogP contribution in [0.15, 0.2) is 0 Å². The van der Waals surface area contributed by atoms with Crippen LogP contribution in [0.25, 0.3) is 0 Å². The molecule has 0 unspecified atom stereocenters. The summed E-state index contributed by atoms with van der Waals surface area (Å²) in [4.78, 5) is 36.9. The first kappa shape index (κ1) is 17.0. The second-order valence-electron chi connectivity index (χ2n) is 8.02. The summed E-state index contributed by atoms with van der Waals surface area (Å²) in [6.07, 6.45) is 11.4. The predicted octanol–water partition coefficient (Wildman–Crippen LogP) is 2.27. The van der Waals surface area contributed by atoms with Gasteiger partial charge in [0.1, 0.15) is 11.0 Å². The number of ketones is 1. The summed E-state index contributed by atoms with van der Waals surface area (Å²) in [5.41, 5.74) is -2.15. The Bertz CT molecular complexity index is 578. The number of methoxy groups -OCH3 is 1. The molecule has 1 atom stereocenters. The SMILES string of the molecule is C#CC[C@](C)(C(=O)OC12CC3CC(CC(C3)C1)C2)C(=O)C(=O)OC. The average Bonchev–Trinajstić information content (AvgIpc) is 2.51. The summed E-state index contributed by atoms with van der Waals surface area (Å²) in [6, 6.07) is 0. The van der Waals surface area contributed by atoms with Gasteiger partial charge in [-0.25, -0.2) is 4.79 Å². The third kappa shape index (κ3) is 2.72. The molecule has 0 spiro atoms. The number of hydrogen-bond acceptors (Lipinski definition) is 5. The highest BCUT2D eigenvalue weighted by Gasteiger charge is 2.56. The van der Waals surface area contributed by atoms with E-state index in [0.29, 0.717) is 17.8 Å². The molecule has 24 heavy (non-hydrogen) atoms. The zero-order valence-corrected chi connectivity index (χ0v) is 14.3. The smallest absolute Gasteiger partial charge is 0.375 e. The van der Waals surface area contributed by atoms with Crippen LogP contribution in [0.2, 0.25) is 0 Å². The fourth-order valence-corrected chi connectivity index (χ4v) is 5.23. The van der Waals surface area contributed by atoms with Crippen LogP contribution in [0.1, 0.15) is 51.9 Å². The van der Waals surface area contributed by atoms with E-state index in [2.05, 4.69) is 10.7 Å². The molecule has 0 amide bonds. The number of carbonyl (C=O) groups is 3. The molecule has 4 fully saturated rings. The van der Waals surface area contributed by atoms with E-state index in [0.717, 1.165) is 26.4 Å². The van der Waals surface area contributed by atoms with Crippen molar-refractivity contribution in [1.82, 2.24) is 0 Å². The van der Waals surface area contributed by atoms with Gasteiger partial charge >= 0.3 is 11.9 Å². The predicted molar refractivity (Wildman–Crippen MR) is 85.6 cm³/mol. The lowest BCUT2D eigenvalue weighted by Gasteiger charge is -2.56. The summed E-state index contributed by atoms with van der Waals surface area (Å²) in [5.74, 6) is 1.48. The van der Waals surface area contributed by atoms with Gasteiger partial charge in [-0.15, -0.1) is 12.3 Å². The summed E-state index contributed by atoms with van der Waals surface area (Å²) in [5, 5.41) is 0. The van der Waals surface area contributed by atoms with Gasteiger partial charge in [0, 0.05) is 6.42 Å². The molecular formula is C19H24O5. The number of hydrogen-bond donors (Lipinski definition) is 0. The quantitative estimate of drug-likeness (QED) is 0.334. The van der Waals surface area contributed by atoms with Crippen molar-refractivity contribution in [2.24, 2.45) is 23.2 Å². The second-order valence-corrected chi connectivity index (χ2v) is 8.02. The van der Waals surface area contributed by atoms with Gasteiger partial charge in [-0.05, 0) is 63.2 Å². The summed E-state index contributed by atoms with van der Waals surface area (Å²) >= 11 is 0. The zero-order chi connectivity index (χ0) is 17.5. The molecule has 0 aromatic heterocycles. The summed E-state index contributed by atoms with van der Waals surface area (Å²) < 4.78 is 10.4. The van der Waals surface area contributed by atoms with Crippen LogP contribution in [0.5, 0.6) is 0 Å². The lowest BCUT2D eigenvalue weighted by atomic mass is 9.54. The van der Waals surface area contributed by atoms with Crippen molar-refractivity contribution in [3.63, 3.8) is 0 Å². The van der Waals surface area contributed by atoms with Gasteiger partial charge < -0.3 is 9.47 Å². The minimum absolute atomic E-state index is 0.174. The van der Waals surface area contributed by atoms with Crippen LogP contribution >= 0.6 is 0 Å². The van der Waals surface area contributed by atoms with E-state index in [1.54, 1.807) is 0 Å². The van der Waals surface area contributed by atoms with Crippen LogP contribution in [0.4, 0.5) is 0 Å². The molecular weight excluding hydrogens is 308 g/mol. The minimum atomic E-state index is -1.68. The molecule has 0 N–H and O–H groups in total. The highest BCUT2D eigenvalue weighted by Crippen LogP contribution is 2.57. The molecule has 4 aliphatic rings. The average molecular weight is 332 g/mol. The molecule has 0 aromatic carbocycles. The largest absolute Gasteiger partial charge is 0.463 e. The maximum atomic E-state index is 12.9. The Hall–Kier alpha value is -1.83. The van der Waals surface area contributed by atoms with Crippen molar-refractivity contribution in [1.29, 1.82) is 0 Å². The molecule has 4 rings (SSSR count). The van der Waals surface area contributed by atoms with E-state index in [1.807, 2.05) is 0 Å².